The second kappa shape index (κ2) is 10.5. The second-order valence-corrected chi connectivity index (χ2v) is 8.56. The molecule has 2 aromatic carbocycles. The van der Waals surface area contributed by atoms with Gasteiger partial charge in [0, 0.05) is 12.4 Å². The number of nitrogens with zero attached hydrogens (tertiary/aromatic N) is 5. The van der Waals surface area contributed by atoms with Gasteiger partial charge in [0.2, 0.25) is 0 Å². The van der Waals surface area contributed by atoms with E-state index in [0.717, 1.165) is 16.8 Å². The molecule has 186 valence electrons. The largest absolute Gasteiger partial charge is 0.497 e. The molecule has 0 saturated heterocycles. The number of benzene rings is 2. The number of anilines is 2. The van der Waals surface area contributed by atoms with Gasteiger partial charge in [-0.2, -0.15) is 0 Å². The molecule has 0 radical (unpaired) electrons. The zero-order valence-electron chi connectivity index (χ0n) is 20.0. The van der Waals surface area contributed by atoms with E-state index in [4.69, 9.17) is 14.6 Å². The van der Waals surface area contributed by atoms with Gasteiger partial charge in [-0.1, -0.05) is 36.0 Å². The first kappa shape index (κ1) is 24.1. The SMILES string of the molecule is COc1ccc(COc2cccc3c2c(Nc2nc(SC)ncc2C(=O)O)nn3-c2ccccn2)cc1. The molecule has 5 rings (SSSR count). The van der Waals surface area contributed by atoms with Crippen molar-refractivity contribution in [3.8, 4) is 17.3 Å². The molecule has 0 fully saturated rings. The summed E-state index contributed by atoms with van der Waals surface area (Å²) >= 11 is 1.31. The highest BCUT2D eigenvalue weighted by molar-refractivity contribution is 7.98. The molecule has 3 aromatic heterocycles. The van der Waals surface area contributed by atoms with Crippen molar-refractivity contribution in [1.29, 1.82) is 0 Å². The molecule has 37 heavy (non-hydrogen) atoms. The van der Waals surface area contributed by atoms with E-state index in [1.165, 1.54) is 18.0 Å². The van der Waals surface area contributed by atoms with Gasteiger partial charge in [0.25, 0.3) is 0 Å². The molecule has 2 N–H and O–H groups in total. The number of carbonyl (C=O) groups is 1. The van der Waals surface area contributed by atoms with Crippen molar-refractivity contribution in [3.63, 3.8) is 0 Å². The first-order chi connectivity index (χ1) is 18.1. The van der Waals surface area contributed by atoms with Crippen molar-refractivity contribution < 1.29 is 19.4 Å². The van der Waals surface area contributed by atoms with Crippen molar-refractivity contribution in [2.24, 2.45) is 0 Å². The van der Waals surface area contributed by atoms with E-state index in [1.54, 1.807) is 18.0 Å². The van der Waals surface area contributed by atoms with Crippen LogP contribution in [-0.4, -0.2) is 49.2 Å². The van der Waals surface area contributed by atoms with Crippen molar-refractivity contribution in [2.75, 3.05) is 18.7 Å². The number of pyridine rings is 1. The Kier molecular flexibility index (Phi) is 6.86. The van der Waals surface area contributed by atoms with Crippen LogP contribution in [0.2, 0.25) is 0 Å². The van der Waals surface area contributed by atoms with Crippen LogP contribution < -0.4 is 14.8 Å². The number of fused-ring (bicyclic) bond motifs is 1. The van der Waals surface area contributed by atoms with Crippen LogP contribution in [0, 0.1) is 0 Å². The summed E-state index contributed by atoms with van der Waals surface area (Å²) in [6.07, 6.45) is 4.77. The van der Waals surface area contributed by atoms with Gasteiger partial charge in [0.15, 0.2) is 22.6 Å². The molecule has 0 amide bonds. The Morgan fingerprint density at radius 1 is 1.05 bits per heavy atom. The Hall–Kier alpha value is -4.64. The minimum atomic E-state index is -1.15. The highest BCUT2D eigenvalue weighted by atomic mass is 32.2. The van der Waals surface area contributed by atoms with E-state index >= 15 is 0 Å². The summed E-state index contributed by atoms with van der Waals surface area (Å²) in [6, 6.07) is 18.7. The maximum Gasteiger partial charge on any atom is 0.341 e. The Balaban J connectivity index is 1.60. The van der Waals surface area contributed by atoms with Gasteiger partial charge >= 0.3 is 5.97 Å². The monoisotopic (exact) mass is 514 g/mol. The molecule has 0 aliphatic rings. The summed E-state index contributed by atoms with van der Waals surface area (Å²) in [6.45, 7) is 0.307. The fourth-order valence-corrected chi connectivity index (χ4v) is 4.05. The van der Waals surface area contributed by atoms with Gasteiger partial charge in [0.05, 0.1) is 18.0 Å². The maximum atomic E-state index is 11.9. The topological polar surface area (TPSA) is 124 Å². The van der Waals surface area contributed by atoms with Gasteiger partial charge in [-0.05, 0) is 48.2 Å². The second-order valence-electron chi connectivity index (χ2n) is 7.78. The summed E-state index contributed by atoms with van der Waals surface area (Å²) < 4.78 is 13.1. The van der Waals surface area contributed by atoms with E-state index < -0.39 is 5.97 Å². The van der Waals surface area contributed by atoms with Gasteiger partial charge < -0.3 is 19.9 Å². The zero-order valence-corrected chi connectivity index (χ0v) is 20.8. The number of carboxylic acid groups (broad SMARTS) is 1. The van der Waals surface area contributed by atoms with Crippen LogP contribution in [0.15, 0.2) is 78.2 Å². The lowest BCUT2D eigenvalue weighted by Gasteiger charge is -2.11. The van der Waals surface area contributed by atoms with Crippen molar-refractivity contribution in [2.45, 2.75) is 11.8 Å². The van der Waals surface area contributed by atoms with Crippen molar-refractivity contribution in [1.82, 2.24) is 24.7 Å². The lowest BCUT2D eigenvalue weighted by Crippen LogP contribution is -2.08. The number of aromatic nitrogens is 5. The molecule has 0 atom stereocenters. The lowest BCUT2D eigenvalue weighted by atomic mass is 10.2. The summed E-state index contributed by atoms with van der Waals surface area (Å²) in [7, 11) is 1.62. The Morgan fingerprint density at radius 2 is 1.89 bits per heavy atom. The number of thioether (sulfide) groups is 1. The highest BCUT2D eigenvalue weighted by Gasteiger charge is 2.21. The lowest BCUT2D eigenvalue weighted by molar-refractivity contribution is 0.0697. The molecule has 11 heteroatoms. The fraction of sp³-hybridized carbons (Fsp3) is 0.115. The third-order valence-corrected chi connectivity index (χ3v) is 6.07. The quantitative estimate of drug-likeness (QED) is 0.206. The van der Waals surface area contributed by atoms with Crippen LogP contribution in [0.4, 0.5) is 11.6 Å². The van der Waals surface area contributed by atoms with Crippen LogP contribution >= 0.6 is 11.8 Å². The molecule has 0 aliphatic carbocycles. The number of rotatable bonds is 9. The predicted octanol–water partition coefficient (Wildman–Crippen LogP) is 4.96. The molecule has 5 aromatic rings. The molecule has 3 heterocycles. The highest BCUT2D eigenvalue weighted by Crippen LogP contribution is 2.36. The first-order valence-corrected chi connectivity index (χ1v) is 12.4. The van der Waals surface area contributed by atoms with Crippen LogP contribution in [0.5, 0.6) is 11.5 Å². The van der Waals surface area contributed by atoms with Crippen LogP contribution in [-0.2, 0) is 6.61 Å². The number of aromatic carboxylic acids is 1. The van der Waals surface area contributed by atoms with E-state index in [9.17, 15) is 9.90 Å². The minimum Gasteiger partial charge on any atom is -0.497 e. The van der Waals surface area contributed by atoms with E-state index in [-0.39, 0.29) is 11.4 Å². The molecule has 10 nitrogen and oxygen atoms in total. The Morgan fingerprint density at radius 3 is 2.59 bits per heavy atom. The molecule has 0 bridgehead atoms. The van der Waals surface area contributed by atoms with Gasteiger partial charge in [-0.3, -0.25) is 0 Å². The van der Waals surface area contributed by atoms with Gasteiger partial charge in [-0.15, -0.1) is 5.10 Å². The Labute approximate surface area is 216 Å². The van der Waals surface area contributed by atoms with E-state index in [0.29, 0.717) is 34.5 Å². The van der Waals surface area contributed by atoms with Crippen LogP contribution in [0.1, 0.15) is 15.9 Å². The van der Waals surface area contributed by atoms with E-state index in [1.807, 2.05) is 66.9 Å². The molecular formula is C26H22N6O4S. The number of carboxylic acids is 1. The third kappa shape index (κ3) is 5.02. The van der Waals surface area contributed by atoms with E-state index in [2.05, 4.69) is 20.3 Å². The first-order valence-electron chi connectivity index (χ1n) is 11.2. The average molecular weight is 515 g/mol. The summed E-state index contributed by atoms with van der Waals surface area (Å²) in [5.74, 6) is 1.27. The van der Waals surface area contributed by atoms with Gasteiger partial charge in [0.1, 0.15) is 23.7 Å². The maximum absolute atomic E-state index is 11.9. The summed E-state index contributed by atoms with van der Waals surface area (Å²) in [5.41, 5.74) is 1.61. The summed E-state index contributed by atoms with van der Waals surface area (Å²) in [5, 5.41) is 18.6. The number of hydrogen-bond acceptors (Lipinski definition) is 9. The minimum absolute atomic E-state index is 0.0741. The number of methoxy groups -OCH3 is 1. The predicted molar refractivity (Wildman–Crippen MR) is 140 cm³/mol. The molecule has 0 aliphatic heterocycles. The number of ether oxygens (including phenoxy) is 2. The normalized spacial score (nSPS) is 10.9. The van der Waals surface area contributed by atoms with Gasteiger partial charge in [-0.25, -0.2) is 24.4 Å². The zero-order chi connectivity index (χ0) is 25.8. The third-order valence-electron chi connectivity index (χ3n) is 5.51. The Bertz CT molecular complexity index is 1560. The molecular weight excluding hydrogens is 492 g/mol. The smallest absolute Gasteiger partial charge is 0.341 e. The van der Waals surface area contributed by atoms with Crippen LogP contribution in [0.25, 0.3) is 16.7 Å². The number of hydrogen-bond donors (Lipinski definition) is 2. The average Bonchev–Trinajstić information content (AvgIpc) is 3.31. The molecule has 0 unspecified atom stereocenters. The molecule has 0 saturated carbocycles. The molecule has 0 spiro atoms. The number of nitrogens with one attached hydrogen (secondary N) is 1. The summed E-state index contributed by atoms with van der Waals surface area (Å²) in [4.78, 5) is 24.8. The standard InChI is InChI=1S/C26H22N6O4S/c1-35-17-11-9-16(10-12-17)15-36-20-7-5-6-19-22(20)24(31-32(19)21-8-3-4-13-27-21)29-23-18(25(33)34)14-28-26(30-23)37-2/h3-14H,15H2,1-2H3,(H,33,34)(H,28,29,30,31). The van der Waals surface area contributed by atoms with Crippen LogP contribution in [0.3, 0.4) is 0 Å². The van der Waals surface area contributed by atoms with Crippen molar-refractivity contribution >= 4 is 40.3 Å². The van der Waals surface area contributed by atoms with Crippen molar-refractivity contribution in [3.05, 3.63) is 84.2 Å². The fourth-order valence-electron chi connectivity index (χ4n) is 3.71.